The molecular weight excluding hydrogens is 495 g/mol. The number of terminal acetylenes is 1. The third kappa shape index (κ3) is 24.9. The molecule has 0 fully saturated rings. The molecule has 2 N–H and O–H groups in total. The van der Waals surface area contributed by atoms with Crippen LogP contribution < -0.4 is 0 Å². The van der Waals surface area contributed by atoms with E-state index in [2.05, 4.69) is 88.4 Å². The van der Waals surface area contributed by atoms with Gasteiger partial charge in [-0.15, -0.1) is 6.42 Å². The largest absolute Gasteiger partial charge is 0.469 e. The minimum absolute atomic E-state index is 0.126. The third-order valence-corrected chi connectivity index (χ3v) is 4.46. The lowest BCUT2D eigenvalue weighted by Crippen LogP contribution is -2.29. The smallest absolute Gasteiger partial charge is 0.456 e. The molecule has 0 aliphatic rings. The van der Waals surface area contributed by atoms with E-state index in [1.807, 2.05) is 0 Å². The monoisotopic (exact) mass is 522 g/mol. The highest BCUT2D eigenvalue weighted by Crippen LogP contribution is 2.35. The van der Waals surface area contributed by atoms with Crippen molar-refractivity contribution >= 4 is 19.8 Å². The lowest BCUT2D eigenvalue weighted by Gasteiger charge is -2.17. The van der Waals surface area contributed by atoms with Crippen LogP contribution in [0, 0.1) is 83.4 Å². The zero-order valence-corrected chi connectivity index (χ0v) is 21.4. The summed E-state index contributed by atoms with van der Waals surface area (Å²) in [7, 11) is -4.81. The first-order valence-corrected chi connectivity index (χ1v) is 12.8. The van der Waals surface area contributed by atoms with Crippen molar-refractivity contribution in [2.75, 3.05) is 13.2 Å². The summed E-state index contributed by atoms with van der Waals surface area (Å²) in [4.78, 5) is 41.6. The van der Waals surface area contributed by atoms with Crippen LogP contribution in [-0.2, 0) is 28.2 Å². The molecule has 1 atom stereocenters. The molecule has 37 heavy (non-hydrogen) atoms. The highest BCUT2D eigenvalue weighted by Gasteiger charge is 2.22. The van der Waals surface area contributed by atoms with Crippen molar-refractivity contribution in [1.82, 2.24) is 0 Å². The zero-order valence-electron chi connectivity index (χ0n) is 20.5. The zero-order chi connectivity index (χ0) is 27.6. The maximum Gasteiger partial charge on any atom is 0.469 e. The number of phosphoric ester groups is 1. The second kappa shape index (κ2) is 22.4. The van der Waals surface area contributed by atoms with E-state index in [1.165, 1.54) is 6.42 Å². The number of ether oxygens (including phenoxy) is 2. The predicted molar refractivity (Wildman–Crippen MR) is 137 cm³/mol. The summed E-state index contributed by atoms with van der Waals surface area (Å²) in [5.74, 6) is 28.5. The molecule has 0 aromatic heterocycles. The van der Waals surface area contributed by atoms with E-state index in [4.69, 9.17) is 25.7 Å². The van der Waals surface area contributed by atoms with Crippen LogP contribution in [0.5, 0.6) is 0 Å². The predicted octanol–water partition coefficient (Wildman–Crippen LogP) is 2.34. The van der Waals surface area contributed by atoms with Crippen molar-refractivity contribution in [3.63, 3.8) is 0 Å². The molecule has 192 valence electrons. The van der Waals surface area contributed by atoms with Crippen LogP contribution in [0.2, 0.25) is 0 Å². The van der Waals surface area contributed by atoms with Crippen LogP contribution in [0.3, 0.4) is 0 Å². The van der Waals surface area contributed by atoms with Crippen molar-refractivity contribution in [3.05, 3.63) is 0 Å². The average Bonchev–Trinajstić information content (AvgIpc) is 2.85. The number of carbonyl (C=O) groups excluding carboxylic acids is 2. The van der Waals surface area contributed by atoms with Gasteiger partial charge in [-0.2, -0.15) is 0 Å². The van der Waals surface area contributed by atoms with Crippen LogP contribution in [-0.4, -0.2) is 41.0 Å². The molecule has 0 saturated heterocycles. The van der Waals surface area contributed by atoms with Crippen LogP contribution in [0.25, 0.3) is 0 Å². The van der Waals surface area contributed by atoms with Gasteiger partial charge in [0.15, 0.2) is 6.10 Å². The maximum absolute atomic E-state index is 12.1. The van der Waals surface area contributed by atoms with Gasteiger partial charge in [0.25, 0.3) is 0 Å². The molecule has 0 amide bonds. The fourth-order valence-electron chi connectivity index (χ4n) is 2.37. The number of carbonyl (C=O) groups is 2. The molecule has 8 nitrogen and oxygen atoms in total. The maximum atomic E-state index is 12.1. The second-order valence-corrected chi connectivity index (χ2v) is 8.25. The summed E-state index contributed by atoms with van der Waals surface area (Å²) >= 11 is 0. The molecule has 0 aliphatic carbocycles. The number of esters is 2. The van der Waals surface area contributed by atoms with Crippen molar-refractivity contribution in [2.45, 2.75) is 64.4 Å². The first-order chi connectivity index (χ1) is 17.8. The second-order valence-electron chi connectivity index (χ2n) is 7.01. The van der Waals surface area contributed by atoms with Crippen molar-refractivity contribution in [1.29, 1.82) is 0 Å². The Balaban J connectivity index is 4.64. The number of hydrogen-bond acceptors (Lipinski definition) is 6. The fraction of sp³-hybridized carbons (Fsp3) is 0.429. The van der Waals surface area contributed by atoms with E-state index >= 15 is 0 Å². The van der Waals surface area contributed by atoms with Gasteiger partial charge < -0.3 is 19.3 Å². The molecule has 0 rings (SSSR count). The Labute approximate surface area is 218 Å². The topological polar surface area (TPSA) is 119 Å². The van der Waals surface area contributed by atoms with Crippen LogP contribution in [0.1, 0.15) is 58.3 Å². The lowest BCUT2D eigenvalue weighted by molar-refractivity contribution is -0.158. The molecule has 0 spiro atoms. The highest BCUT2D eigenvalue weighted by atomic mass is 31.2. The highest BCUT2D eigenvalue weighted by molar-refractivity contribution is 7.46. The van der Waals surface area contributed by atoms with Gasteiger partial charge in [0, 0.05) is 12.3 Å². The Morgan fingerprint density at radius 1 is 0.784 bits per heavy atom. The molecule has 0 saturated carbocycles. The van der Waals surface area contributed by atoms with Gasteiger partial charge in [-0.25, -0.2) is 9.36 Å². The van der Waals surface area contributed by atoms with Gasteiger partial charge in [0.05, 0.1) is 6.61 Å². The normalized spacial score (nSPS) is 9.57. The Hall–Kier alpha value is -4.03. The molecular formula is C28H27O8P. The molecule has 0 aliphatic heterocycles. The first-order valence-electron chi connectivity index (χ1n) is 11.3. The van der Waals surface area contributed by atoms with E-state index in [0.29, 0.717) is 6.42 Å². The molecule has 9 heteroatoms. The Morgan fingerprint density at radius 2 is 1.30 bits per heavy atom. The van der Waals surface area contributed by atoms with Crippen molar-refractivity contribution in [3.8, 4) is 83.4 Å². The van der Waals surface area contributed by atoms with Gasteiger partial charge in [0.2, 0.25) is 0 Å². The summed E-state index contributed by atoms with van der Waals surface area (Å²) in [6.07, 6.45) is 10.9. The molecule has 0 heterocycles. The van der Waals surface area contributed by atoms with E-state index in [1.54, 1.807) is 0 Å². The first kappa shape index (κ1) is 33.0. The Kier molecular flexibility index (Phi) is 20.0. The molecule has 0 aromatic rings. The number of hydrogen-bond donors (Lipinski definition) is 2. The van der Waals surface area contributed by atoms with Gasteiger partial charge in [-0.3, -0.25) is 9.32 Å². The average molecular weight is 522 g/mol. The third-order valence-electron chi connectivity index (χ3n) is 3.97. The molecule has 0 radical (unpaired) electrons. The summed E-state index contributed by atoms with van der Waals surface area (Å²) < 4.78 is 25.3. The number of phosphoric acid groups is 1. The van der Waals surface area contributed by atoms with Gasteiger partial charge in [-0.1, -0.05) is 45.4 Å². The van der Waals surface area contributed by atoms with Gasteiger partial charge in [-0.05, 0) is 77.5 Å². The SMILES string of the molecule is C#CC#CC#CC#CC#CC#CC#CC(=O)OC[C@@H](COP(=O)(O)O)OC(=O)CCCCCCCCC. The van der Waals surface area contributed by atoms with Gasteiger partial charge in [0.1, 0.15) is 6.61 Å². The molecule has 0 bridgehead atoms. The van der Waals surface area contributed by atoms with Gasteiger partial charge >= 0.3 is 19.8 Å². The summed E-state index contributed by atoms with van der Waals surface area (Å²) in [5.41, 5.74) is 0. The minimum Gasteiger partial charge on any atom is -0.456 e. The van der Waals surface area contributed by atoms with Crippen molar-refractivity contribution < 1.29 is 37.9 Å². The molecule has 0 unspecified atom stereocenters. The Bertz CT molecular complexity index is 1220. The number of unbranched alkanes of at least 4 members (excludes halogenated alkanes) is 6. The Morgan fingerprint density at radius 3 is 1.84 bits per heavy atom. The van der Waals surface area contributed by atoms with Crippen molar-refractivity contribution in [2.24, 2.45) is 0 Å². The van der Waals surface area contributed by atoms with Crippen LogP contribution in [0.15, 0.2) is 0 Å². The molecule has 0 aromatic carbocycles. The van der Waals surface area contributed by atoms with E-state index in [-0.39, 0.29) is 6.42 Å². The quantitative estimate of drug-likeness (QED) is 0.117. The van der Waals surface area contributed by atoms with E-state index < -0.39 is 39.1 Å². The summed E-state index contributed by atoms with van der Waals surface area (Å²) in [5, 5.41) is 0. The lowest BCUT2D eigenvalue weighted by atomic mass is 10.1. The summed E-state index contributed by atoms with van der Waals surface area (Å²) in [6.45, 7) is 0.964. The standard InChI is InChI=1S/C28H27O8P/c1-3-5-7-9-11-12-13-14-15-17-18-20-22-27(29)34-24-26(25-35-37(31,32)33)36-28(30)23-21-19-16-10-8-6-4-2/h1,26H,4,6,8,10,16,19,21,23-25H2,2H3,(H2,31,32,33)/t26-/m0/s1. The van der Waals surface area contributed by atoms with E-state index in [9.17, 15) is 14.2 Å². The summed E-state index contributed by atoms with van der Waals surface area (Å²) in [6, 6.07) is 0. The van der Waals surface area contributed by atoms with Crippen LogP contribution in [0.4, 0.5) is 0 Å². The fourth-order valence-corrected chi connectivity index (χ4v) is 2.73. The number of rotatable bonds is 14. The van der Waals surface area contributed by atoms with E-state index in [0.717, 1.165) is 32.1 Å². The minimum atomic E-state index is -4.81. The van der Waals surface area contributed by atoms with Crippen LogP contribution >= 0.6 is 7.82 Å².